The van der Waals surface area contributed by atoms with E-state index in [2.05, 4.69) is 0 Å². The summed E-state index contributed by atoms with van der Waals surface area (Å²) in [6.07, 6.45) is 0. The summed E-state index contributed by atoms with van der Waals surface area (Å²) < 4.78 is 54.3. The van der Waals surface area contributed by atoms with Gasteiger partial charge in [-0.1, -0.05) is 0 Å². The van der Waals surface area contributed by atoms with Crippen LogP contribution in [0.25, 0.3) is 0 Å². The molecule has 0 amide bonds. The molecule has 1 saturated heterocycles. The van der Waals surface area contributed by atoms with E-state index < -0.39 is 45.0 Å². The average molecular weight is 400 g/mol. The number of hydrogen-bond donors (Lipinski definition) is 0. The van der Waals surface area contributed by atoms with Crippen molar-refractivity contribution in [1.82, 2.24) is 0 Å². The quantitative estimate of drug-likeness (QED) is 0.441. The van der Waals surface area contributed by atoms with E-state index in [9.17, 15) is 17.1 Å². The number of carbonyl (C=O) groups excluding carboxylic acids is 1. The lowest BCUT2D eigenvalue weighted by molar-refractivity contribution is 0.00578. The second kappa shape index (κ2) is 6.56. The van der Waals surface area contributed by atoms with Gasteiger partial charge in [-0.25, -0.2) is 4.79 Å². The predicted octanol–water partition coefficient (Wildman–Crippen LogP) is 2.91. The summed E-state index contributed by atoms with van der Waals surface area (Å²) in [6.45, 7) is 13.8. The molecule has 1 aliphatic heterocycles. The number of rotatable bonds is 3. The summed E-state index contributed by atoms with van der Waals surface area (Å²) >= 11 is 0. The Kier molecular flexibility index (Phi) is 5.31. The highest BCUT2D eigenvalue weighted by Gasteiger charge is 2.52. The normalized spacial score (nSPS) is 19.2. The van der Waals surface area contributed by atoms with Gasteiger partial charge in [-0.2, -0.15) is 8.42 Å². The topological polar surface area (TPSA) is 78.9 Å². The predicted molar refractivity (Wildman–Crippen MR) is 100 cm³/mol. The van der Waals surface area contributed by atoms with Gasteiger partial charge >= 0.3 is 23.3 Å². The molecule has 1 fully saturated rings. The molecular weight excluding hydrogens is 374 g/mol. The summed E-state index contributed by atoms with van der Waals surface area (Å²) in [7, 11) is -6.01. The maximum atomic E-state index is 13.9. The van der Waals surface area contributed by atoms with Crippen LogP contribution in [0.3, 0.4) is 0 Å². The standard InChI is InChI=1S/C18H26BFO6S/c1-11-13(15(21)24-16(2,3)4)9-12(10-14(11)27(20,22)23)19-25-17(5,6)18(7,8)26-19/h9-10H,1-8H3. The number of benzene rings is 1. The number of ether oxygens (including phenoxy) is 1. The van der Waals surface area contributed by atoms with E-state index in [1.165, 1.54) is 13.0 Å². The maximum Gasteiger partial charge on any atom is 0.494 e. The van der Waals surface area contributed by atoms with Crippen molar-refractivity contribution in [2.24, 2.45) is 0 Å². The minimum absolute atomic E-state index is 0.0213. The molecule has 1 aromatic rings. The molecule has 2 rings (SSSR count). The highest BCUT2D eigenvalue weighted by molar-refractivity contribution is 7.86. The first kappa shape index (κ1) is 21.9. The second-order valence-corrected chi connectivity index (χ2v) is 10.0. The zero-order chi connectivity index (χ0) is 21.0. The van der Waals surface area contributed by atoms with Crippen LogP contribution in [0.1, 0.15) is 64.4 Å². The molecule has 6 nitrogen and oxygen atoms in total. The molecule has 0 N–H and O–H groups in total. The molecule has 0 unspecified atom stereocenters. The molecule has 0 aromatic heterocycles. The Morgan fingerprint density at radius 3 is 2.00 bits per heavy atom. The Hall–Kier alpha value is -1.45. The van der Waals surface area contributed by atoms with Gasteiger partial charge < -0.3 is 14.0 Å². The number of hydrogen-bond acceptors (Lipinski definition) is 6. The van der Waals surface area contributed by atoms with E-state index in [4.69, 9.17) is 14.0 Å². The number of halogens is 1. The van der Waals surface area contributed by atoms with E-state index in [0.717, 1.165) is 6.07 Å². The van der Waals surface area contributed by atoms with Crippen LogP contribution in [0, 0.1) is 6.92 Å². The lowest BCUT2D eigenvalue weighted by Gasteiger charge is -2.32. The van der Waals surface area contributed by atoms with Gasteiger partial charge in [-0.3, -0.25) is 0 Å². The van der Waals surface area contributed by atoms with Crippen molar-refractivity contribution in [3.05, 3.63) is 23.3 Å². The van der Waals surface area contributed by atoms with Gasteiger partial charge in [-0.05, 0) is 78.5 Å². The lowest BCUT2D eigenvalue weighted by atomic mass is 9.77. The van der Waals surface area contributed by atoms with E-state index in [-0.39, 0.29) is 16.6 Å². The van der Waals surface area contributed by atoms with Crippen LogP contribution in [0.15, 0.2) is 17.0 Å². The van der Waals surface area contributed by atoms with Crippen molar-refractivity contribution in [3.8, 4) is 0 Å². The van der Waals surface area contributed by atoms with Crippen LogP contribution < -0.4 is 5.46 Å². The lowest BCUT2D eigenvalue weighted by Crippen LogP contribution is -2.41. The van der Waals surface area contributed by atoms with Gasteiger partial charge in [0.15, 0.2) is 0 Å². The summed E-state index contributed by atoms with van der Waals surface area (Å²) in [5, 5.41) is 0. The fourth-order valence-corrected chi connectivity index (χ4v) is 3.38. The fourth-order valence-electron chi connectivity index (χ4n) is 2.62. The van der Waals surface area contributed by atoms with Crippen LogP contribution >= 0.6 is 0 Å². The van der Waals surface area contributed by atoms with Gasteiger partial charge in [0.1, 0.15) is 10.5 Å². The Morgan fingerprint density at radius 2 is 1.59 bits per heavy atom. The van der Waals surface area contributed by atoms with Crippen LogP contribution in [0.2, 0.25) is 0 Å². The first-order valence-corrected chi connectivity index (χ1v) is 10.0. The summed E-state index contributed by atoms with van der Waals surface area (Å²) in [5.74, 6) is -0.747. The van der Waals surface area contributed by atoms with Gasteiger partial charge in [0.25, 0.3) is 0 Å². The van der Waals surface area contributed by atoms with Crippen LogP contribution in [0.4, 0.5) is 3.89 Å². The van der Waals surface area contributed by atoms with Crippen molar-refractivity contribution < 1.29 is 31.1 Å². The fraction of sp³-hybridized carbons (Fsp3) is 0.611. The highest BCUT2D eigenvalue weighted by Crippen LogP contribution is 2.37. The van der Waals surface area contributed by atoms with Gasteiger partial charge in [0.2, 0.25) is 0 Å². The summed E-state index contributed by atoms with van der Waals surface area (Å²) in [6, 6.07) is 2.57. The van der Waals surface area contributed by atoms with Gasteiger partial charge in [0, 0.05) is 0 Å². The molecule has 1 heterocycles. The number of esters is 1. The molecular formula is C18H26BFO6S. The molecule has 0 aliphatic carbocycles. The molecule has 0 spiro atoms. The summed E-state index contributed by atoms with van der Waals surface area (Å²) in [5.41, 5.74) is -1.98. The Morgan fingerprint density at radius 1 is 1.11 bits per heavy atom. The zero-order valence-electron chi connectivity index (χ0n) is 17.0. The average Bonchev–Trinajstić information content (AvgIpc) is 2.64. The van der Waals surface area contributed by atoms with E-state index in [1.54, 1.807) is 20.8 Å². The molecule has 0 bridgehead atoms. The van der Waals surface area contributed by atoms with E-state index in [0.29, 0.717) is 0 Å². The molecule has 150 valence electrons. The third-order valence-electron chi connectivity index (χ3n) is 4.79. The molecule has 1 aromatic carbocycles. The zero-order valence-corrected chi connectivity index (χ0v) is 17.8. The van der Waals surface area contributed by atoms with E-state index in [1.807, 2.05) is 27.7 Å². The van der Waals surface area contributed by atoms with Crippen LogP contribution in [-0.2, 0) is 24.3 Å². The first-order valence-electron chi connectivity index (χ1n) is 8.63. The van der Waals surface area contributed by atoms with Crippen molar-refractivity contribution in [2.45, 2.75) is 77.1 Å². The van der Waals surface area contributed by atoms with Gasteiger partial charge in [0.05, 0.1) is 16.8 Å². The molecule has 1 aliphatic rings. The monoisotopic (exact) mass is 400 g/mol. The third kappa shape index (κ3) is 4.52. The molecule has 0 atom stereocenters. The Bertz CT molecular complexity index is 855. The SMILES string of the molecule is Cc1c(C(=O)OC(C)(C)C)cc(B2OC(C)(C)C(C)(C)O2)cc1S(=O)(=O)F. The maximum absolute atomic E-state index is 13.9. The van der Waals surface area contributed by atoms with Crippen molar-refractivity contribution in [2.75, 3.05) is 0 Å². The Balaban J connectivity index is 2.60. The largest absolute Gasteiger partial charge is 0.494 e. The second-order valence-electron chi connectivity index (χ2n) is 8.72. The third-order valence-corrected chi connectivity index (χ3v) is 5.74. The molecule has 0 saturated carbocycles. The van der Waals surface area contributed by atoms with Crippen LogP contribution in [-0.4, -0.2) is 38.3 Å². The number of carbonyl (C=O) groups is 1. The van der Waals surface area contributed by atoms with Crippen LogP contribution in [0.5, 0.6) is 0 Å². The van der Waals surface area contributed by atoms with Crippen molar-refractivity contribution in [1.29, 1.82) is 0 Å². The van der Waals surface area contributed by atoms with E-state index >= 15 is 0 Å². The molecule has 9 heteroatoms. The molecule has 0 radical (unpaired) electrons. The smallest absolute Gasteiger partial charge is 0.456 e. The first-order chi connectivity index (χ1) is 11.9. The highest BCUT2D eigenvalue weighted by atomic mass is 32.3. The minimum Gasteiger partial charge on any atom is -0.456 e. The van der Waals surface area contributed by atoms with Crippen molar-refractivity contribution in [3.63, 3.8) is 0 Å². The molecule has 27 heavy (non-hydrogen) atoms. The summed E-state index contributed by atoms with van der Waals surface area (Å²) in [4.78, 5) is 12.0. The van der Waals surface area contributed by atoms with Gasteiger partial charge in [-0.15, -0.1) is 3.89 Å². The van der Waals surface area contributed by atoms with Crippen molar-refractivity contribution >= 4 is 28.8 Å². The Labute approximate surface area is 160 Å². The minimum atomic E-state index is -5.06.